The summed E-state index contributed by atoms with van der Waals surface area (Å²) in [6.45, 7) is 5.36. The van der Waals surface area contributed by atoms with Gasteiger partial charge in [0.25, 0.3) is 5.91 Å². The van der Waals surface area contributed by atoms with Crippen molar-refractivity contribution in [2.24, 2.45) is 0 Å². The molecular weight excluding hydrogens is 302 g/mol. The standard InChI is InChI=1S/C15H23N3O3S/c1-3-16-11(2)10-17-15(19)12-4-8-14(9-5-12)22(20,21)18-13-6-7-13/h4-5,8-9,11,13,16,18H,3,6-7,10H2,1-2H3,(H,17,19)/t11-/m1/s1. The lowest BCUT2D eigenvalue weighted by Crippen LogP contribution is -2.38. The molecule has 1 saturated carbocycles. The molecule has 1 amide bonds. The summed E-state index contributed by atoms with van der Waals surface area (Å²) in [6, 6.07) is 6.27. The molecule has 0 spiro atoms. The first-order valence-corrected chi connectivity index (χ1v) is 9.04. The molecule has 0 bridgehead atoms. The summed E-state index contributed by atoms with van der Waals surface area (Å²) in [7, 11) is -3.46. The topological polar surface area (TPSA) is 87.3 Å². The van der Waals surface area contributed by atoms with E-state index in [1.165, 1.54) is 24.3 Å². The van der Waals surface area contributed by atoms with Crippen molar-refractivity contribution in [2.45, 2.75) is 43.7 Å². The molecule has 122 valence electrons. The number of carbonyl (C=O) groups excluding carboxylic acids is 1. The average molecular weight is 325 g/mol. The van der Waals surface area contributed by atoms with E-state index in [1.54, 1.807) is 0 Å². The molecule has 7 heteroatoms. The molecule has 1 aliphatic rings. The minimum absolute atomic E-state index is 0.0699. The second-order valence-electron chi connectivity index (χ2n) is 5.59. The van der Waals surface area contributed by atoms with Gasteiger partial charge < -0.3 is 10.6 Å². The Labute approximate surface area is 131 Å². The van der Waals surface area contributed by atoms with E-state index in [2.05, 4.69) is 15.4 Å². The van der Waals surface area contributed by atoms with Crippen molar-refractivity contribution in [2.75, 3.05) is 13.1 Å². The molecule has 0 aromatic heterocycles. The molecule has 0 saturated heterocycles. The molecule has 0 heterocycles. The smallest absolute Gasteiger partial charge is 0.251 e. The van der Waals surface area contributed by atoms with E-state index in [1.807, 2.05) is 13.8 Å². The minimum atomic E-state index is -3.46. The average Bonchev–Trinajstić information content (AvgIpc) is 3.28. The van der Waals surface area contributed by atoms with Gasteiger partial charge >= 0.3 is 0 Å². The fourth-order valence-corrected chi connectivity index (χ4v) is 3.35. The van der Waals surface area contributed by atoms with E-state index in [0.29, 0.717) is 12.1 Å². The fraction of sp³-hybridized carbons (Fsp3) is 0.533. The van der Waals surface area contributed by atoms with Gasteiger partial charge in [-0.05, 0) is 50.6 Å². The van der Waals surface area contributed by atoms with Gasteiger partial charge in [0, 0.05) is 24.2 Å². The van der Waals surface area contributed by atoms with E-state index in [9.17, 15) is 13.2 Å². The molecule has 0 radical (unpaired) electrons. The summed E-state index contributed by atoms with van der Waals surface area (Å²) in [5.74, 6) is -0.205. The van der Waals surface area contributed by atoms with Crippen LogP contribution >= 0.6 is 0 Å². The molecule has 3 N–H and O–H groups in total. The summed E-state index contributed by atoms with van der Waals surface area (Å²) in [5, 5.41) is 6.02. The molecule has 1 aliphatic carbocycles. The number of hydrogen-bond acceptors (Lipinski definition) is 4. The van der Waals surface area contributed by atoms with Gasteiger partial charge in [0.05, 0.1) is 4.90 Å². The van der Waals surface area contributed by atoms with Gasteiger partial charge in [-0.15, -0.1) is 0 Å². The van der Waals surface area contributed by atoms with Crippen LogP contribution in [0.5, 0.6) is 0 Å². The third kappa shape index (κ3) is 4.79. The van der Waals surface area contributed by atoms with Crippen LogP contribution in [0.2, 0.25) is 0 Å². The summed E-state index contributed by atoms with van der Waals surface area (Å²) < 4.78 is 26.7. The van der Waals surface area contributed by atoms with Crippen molar-refractivity contribution in [1.29, 1.82) is 0 Å². The van der Waals surface area contributed by atoms with Crippen LogP contribution in [-0.4, -0.2) is 39.5 Å². The van der Waals surface area contributed by atoms with Crippen molar-refractivity contribution in [3.8, 4) is 0 Å². The van der Waals surface area contributed by atoms with Crippen molar-refractivity contribution >= 4 is 15.9 Å². The van der Waals surface area contributed by atoms with Crippen molar-refractivity contribution in [3.63, 3.8) is 0 Å². The molecule has 0 unspecified atom stereocenters. The number of likely N-dealkylation sites (N-methyl/N-ethyl adjacent to an activating group) is 1. The van der Waals surface area contributed by atoms with Gasteiger partial charge in [-0.25, -0.2) is 13.1 Å². The number of sulfonamides is 1. The van der Waals surface area contributed by atoms with Gasteiger partial charge in [0.15, 0.2) is 0 Å². The quantitative estimate of drug-likeness (QED) is 0.661. The number of hydrogen-bond donors (Lipinski definition) is 3. The number of carbonyl (C=O) groups is 1. The Morgan fingerprint density at radius 1 is 1.27 bits per heavy atom. The highest BCUT2D eigenvalue weighted by atomic mass is 32.2. The third-order valence-corrected chi connectivity index (χ3v) is 4.98. The molecule has 1 atom stereocenters. The second kappa shape index (κ2) is 7.21. The van der Waals surface area contributed by atoms with Crippen LogP contribution in [0.3, 0.4) is 0 Å². The maximum absolute atomic E-state index is 12.0. The summed E-state index contributed by atoms with van der Waals surface area (Å²) in [4.78, 5) is 12.2. The Kier molecular flexibility index (Phi) is 5.55. The number of benzene rings is 1. The van der Waals surface area contributed by atoms with Crippen LogP contribution in [-0.2, 0) is 10.0 Å². The van der Waals surface area contributed by atoms with Crippen molar-refractivity contribution < 1.29 is 13.2 Å². The predicted octanol–water partition coefficient (Wildman–Crippen LogP) is 0.855. The van der Waals surface area contributed by atoms with E-state index in [0.717, 1.165) is 19.4 Å². The van der Waals surface area contributed by atoms with Gasteiger partial charge in [0.1, 0.15) is 0 Å². The highest BCUT2D eigenvalue weighted by molar-refractivity contribution is 7.89. The Morgan fingerprint density at radius 2 is 1.91 bits per heavy atom. The summed E-state index contributed by atoms with van der Waals surface area (Å²) in [6.07, 6.45) is 1.79. The zero-order valence-electron chi connectivity index (χ0n) is 12.9. The van der Waals surface area contributed by atoms with Crippen LogP contribution < -0.4 is 15.4 Å². The summed E-state index contributed by atoms with van der Waals surface area (Å²) in [5.41, 5.74) is 0.453. The van der Waals surface area contributed by atoms with Crippen molar-refractivity contribution in [3.05, 3.63) is 29.8 Å². The molecule has 6 nitrogen and oxygen atoms in total. The molecule has 1 aromatic rings. The van der Waals surface area contributed by atoms with Gasteiger partial charge in [0.2, 0.25) is 10.0 Å². The molecule has 1 aromatic carbocycles. The molecule has 1 fully saturated rings. The Hall–Kier alpha value is -1.44. The third-order valence-electron chi connectivity index (χ3n) is 3.45. The first kappa shape index (κ1) is 16.9. The largest absolute Gasteiger partial charge is 0.350 e. The van der Waals surface area contributed by atoms with Crippen LogP contribution in [0.4, 0.5) is 0 Å². The maximum Gasteiger partial charge on any atom is 0.251 e. The van der Waals surface area contributed by atoms with Crippen LogP contribution in [0.1, 0.15) is 37.0 Å². The minimum Gasteiger partial charge on any atom is -0.350 e. The zero-order valence-corrected chi connectivity index (χ0v) is 13.7. The normalized spacial score (nSPS) is 16.3. The van der Waals surface area contributed by atoms with E-state index < -0.39 is 10.0 Å². The molecular formula is C15H23N3O3S. The van der Waals surface area contributed by atoms with E-state index >= 15 is 0 Å². The van der Waals surface area contributed by atoms with Crippen LogP contribution in [0, 0.1) is 0 Å². The maximum atomic E-state index is 12.0. The first-order chi connectivity index (χ1) is 10.4. The predicted molar refractivity (Wildman–Crippen MR) is 85.3 cm³/mol. The highest BCUT2D eigenvalue weighted by Gasteiger charge is 2.27. The first-order valence-electron chi connectivity index (χ1n) is 7.56. The van der Waals surface area contributed by atoms with Crippen molar-refractivity contribution in [1.82, 2.24) is 15.4 Å². The lowest BCUT2D eigenvalue weighted by atomic mass is 10.2. The molecule has 2 rings (SSSR count). The van der Waals surface area contributed by atoms with E-state index in [-0.39, 0.29) is 22.9 Å². The second-order valence-corrected chi connectivity index (χ2v) is 7.30. The van der Waals surface area contributed by atoms with Crippen LogP contribution in [0.15, 0.2) is 29.2 Å². The Bertz CT molecular complexity index is 609. The van der Waals surface area contributed by atoms with E-state index in [4.69, 9.17) is 0 Å². The Morgan fingerprint density at radius 3 is 2.45 bits per heavy atom. The Balaban J connectivity index is 1.94. The number of nitrogens with one attached hydrogen (secondary N) is 3. The van der Waals surface area contributed by atoms with Crippen LogP contribution in [0.25, 0.3) is 0 Å². The number of rotatable bonds is 8. The molecule has 22 heavy (non-hydrogen) atoms. The number of amides is 1. The van der Waals surface area contributed by atoms with Gasteiger partial charge in [-0.1, -0.05) is 6.92 Å². The lowest BCUT2D eigenvalue weighted by molar-refractivity contribution is 0.0950. The zero-order chi connectivity index (χ0) is 16.2. The lowest BCUT2D eigenvalue weighted by Gasteiger charge is -2.13. The fourth-order valence-electron chi connectivity index (χ4n) is 2.04. The van der Waals surface area contributed by atoms with Gasteiger partial charge in [-0.3, -0.25) is 4.79 Å². The molecule has 0 aliphatic heterocycles. The van der Waals surface area contributed by atoms with Gasteiger partial charge in [-0.2, -0.15) is 0 Å². The SMILES string of the molecule is CCN[C@H](C)CNC(=O)c1ccc(S(=O)(=O)NC2CC2)cc1. The summed E-state index contributed by atoms with van der Waals surface area (Å²) >= 11 is 0. The monoisotopic (exact) mass is 325 g/mol. The highest BCUT2D eigenvalue weighted by Crippen LogP contribution is 2.22.